The van der Waals surface area contributed by atoms with Gasteiger partial charge in [0.1, 0.15) is 18.2 Å². The van der Waals surface area contributed by atoms with E-state index in [1.54, 1.807) is 0 Å². The molecule has 1 aliphatic heterocycles. The van der Waals surface area contributed by atoms with Gasteiger partial charge >= 0.3 is 12.1 Å². The number of amides is 1. The summed E-state index contributed by atoms with van der Waals surface area (Å²) in [7, 11) is -1.92. The van der Waals surface area contributed by atoms with Gasteiger partial charge in [-0.15, -0.1) is 0 Å². The molecule has 0 saturated carbocycles. The van der Waals surface area contributed by atoms with E-state index in [-0.39, 0.29) is 17.6 Å². The van der Waals surface area contributed by atoms with E-state index in [0.29, 0.717) is 19.6 Å². The van der Waals surface area contributed by atoms with Gasteiger partial charge in [-0.1, -0.05) is 51.1 Å². The Morgan fingerprint density at radius 1 is 1.06 bits per heavy atom. The molecule has 0 unspecified atom stereocenters. The van der Waals surface area contributed by atoms with Gasteiger partial charge in [0, 0.05) is 19.1 Å². The summed E-state index contributed by atoms with van der Waals surface area (Å²) in [6.45, 7) is 17.6. The number of esters is 1. The van der Waals surface area contributed by atoms with Gasteiger partial charge in [-0.2, -0.15) is 0 Å². The first-order valence-corrected chi connectivity index (χ1v) is 13.9. The normalized spacial score (nSPS) is 19.9. The topological polar surface area (TPSA) is 65.1 Å². The van der Waals surface area contributed by atoms with Crippen molar-refractivity contribution in [3.8, 4) is 0 Å². The molecule has 1 aromatic rings. The molecule has 2 atom stereocenters. The van der Waals surface area contributed by atoms with Crippen molar-refractivity contribution < 1.29 is 23.5 Å². The van der Waals surface area contributed by atoms with Gasteiger partial charge in [0.25, 0.3) is 0 Å². The SMILES string of the molecule is CC(C)(C)OC(=O)N1C[C@@H](CO[Si](C)(C)C(C)(C)C)C[C@@H]1C(=O)OCc1ccccc1. The molecule has 31 heavy (non-hydrogen) atoms. The minimum Gasteiger partial charge on any atom is -0.459 e. The van der Waals surface area contributed by atoms with Crippen LogP contribution < -0.4 is 0 Å². The Labute approximate surface area is 188 Å². The Kier molecular flexibility index (Phi) is 7.98. The van der Waals surface area contributed by atoms with E-state index >= 15 is 0 Å². The third-order valence-electron chi connectivity index (χ3n) is 6.00. The molecule has 0 aliphatic carbocycles. The first kappa shape index (κ1) is 25.4. The number of benzene rings is 1. The number of carbonyl (C=O) groups excluding carboxylic acids is 2. The van der Waals surface area contributed by atoms with Gasteiger partial charge in [-0.3, -0.25) is 4.90 Å². The molecule has 6 nitrogen and oxygen atoms in total. The fraction of sp³-hybridized carbons (Fsp3) is 0.667. The zero-order chi connectivity index (χ0) is 23.4. The molecule has 1 fully saturated rings. The highest BCUT2D eigenvalue weighted by Crippen LogP contribution is 2.37. The molecule has 1 aliphatic rings. The van der Waals surface area contributed by atoms with E-state index < -0.39 is 32.0 Å². The van der Waals surface area contributed by atoms with Crippen LogP contribution in [-0.4, -0.2) is 50.1 Å². The van der Waals surface area contributed by atoms with Gasteiger partial charge in [0.2, 0.25) is 0 Å². The molecule has 1 amide bonds. The lowest BCUT2D eigenvalue weighted by molar-refractivity contribution is -0.150. The van der Waals surface area contributed by atoms with Crippen LogP contribution in [0.25, 0.3) is 0 Å². The number of likely N-dealkylation sites (tertiary alicyclic amines) is 1. The maximum absolute atomic E-state index is 12.9. The van der Waals surface area contributed by atoms with Gasteiger partial charge in [-0.25, -0.2) is 9.59 Å². The largest absolute Gasteiger partial charge is 0.459 e. The number of nitrogens with zero attached hydrogens (tertiary/aromatic N) is 1. The minimum absolute atomic E-state index is 0.0657. The molecule has 0 bridgehead atoms. The van der Waals surface area contributed by atoms with E-state index in [4.69, 9.17) is 13.9 Å². The molecular formula is C24H39NO5Si. The first-order chi connectivity index (χ1) is 14.2. The standard InChI is InChI=1S/C24H39NO5Si/c1-23(2,3)30-22(27)25-15-19(17-29-31(7,8)24(4,5)6)14-20(25)21(26)28-16-18-12-10-9-11-13-18/h9-13,19-20H,14-17H2,1-8H3/t19-,20+/m0/s1. The molecular weight excluding hydrogens is 410 g/mol. The maximum atomic E-state index is 12.9. The van der Waals surface area contributed by atoms with Crippen molar-refractivity contribution in [1.82, 2.24) is 4.90 Å². The van der Waals surface area contributed by atoms with Crippen molar-refractivity contribution in [3.63, 3.8) is 0 Å². The van der Waals surface area contributed by atoms with Crippen LogP contribution >= 0.6 is 0 Å². The Morgan fingerprint density at radius 2 is 1.68 bits per heavy atom. The van der Waals surface area contributed by atoms with Crippen molar-refractivity contribution in [2.75, 3.05) is 13.2 Å². The van der Waals surface area contributed by atoms with Crippen LogP contribution in [0.2, 0.25) is 18.1 Å². The van der Waals surface area contributed by atoms with Crippen LogP contribution in [0.1, 0.15) is 53.5 Å². The summed E-state index contributed by atoms with van der Waals surface area (Å²) in [5.41, 5.74) is 0.279. The van der Waals surface area contributed by atoms with Crippen LogP contribution in [-0.2, 0) is 25.3 Å². The summed E-state index contributed by atoms with van der Waals surface area (Å²) in [6, 6.07) is 8.87. The van der Waals surface area contributed by atoms with Gasteiger partial charge in [0.15, 0.2) is 8.32 Å². The molecule has 1 aromatic carbocycles. The lowest BCUT2D eigenvalue weighted by atomic mass is 10.1. The van der Waals surface area contributed by atoms with Crippen LogP contribution in [0.15, 0.2) is 30.3 Å². The second kappa shape index (κ2) is 9.73. The second-order valence-electron chi connectivity index (χ2n) is 10.9. The first-order valence-electron chi connectivity index (χ1n) is 11.0. The highest BCUT2D eigenvalue weighted by molar-refractivity contribution is 6.74. The monoisotopic (exact) mass is 449 g/mol. The number of hydrogen-bond acceptors (Lipinski definition) is 5. The van der Waals surface area contributed by atoms with Crippen molar-refractivity contribution in [2.45, 2.75) is 84.3 Å². The van der Waals surface area contributed by atoms with Crippen LogP contribution in [0, 0.1) is 5.92 Å². The fourth-order valence-electron chi connectivity index (χ4n) is 3.16. The summed E-state index contributed by atoms with van der Waals surface area (Å²) in [6.07, 6.45) is 0.0329. The summed E-state index contributed by atoms with van der Waals surface area (Å²) in [5.74, 6) is -0.333. The number of hydrogen-bond donors (Lipinski definition) is 0. The molecule has 0 N–H and O–H groups in total. The van der Waals surface area contributed by atoms with Crippen molar-refractivity contribution in [2.24, 2.45) is 5.92 Å². The average Bonchev–Trinajstić information content (AvgIpc) is 3.08. The zero-order valence-electron chi connectivity index (χ0n) is 20.4. The zero-order valence-corrected chi connectivity index (χ0v) is 21.4. The molecule has 0 radical (unpaired) electrons. The Bertz CT molecular complexity index is 751. The Morgan fingerprint density at radius 3 is 2.23 bits per heavy atom. The van der Waals surface area contributed by atoms with Crippen molar-refractivity contribution in [1.29, 1.82) is 0 Å². The molecule has 1 saturated heterocycles. The van der Waals surface area contributed by atoms with Gasteiger partial charge in [0.05, 0.1) is 0 Å². The Balaban J connectivity index is 2.08. The lowest BCUT2D eigenvalue weighted by Crippen LogP contribution is -2.44. The van der Waals surface area contributed by atoms with E-state index in [9.17, 15) is 9.59 Å². The van der Waals surface area contributed by atoms with Crippen LogP contribution in [0.4, 0.5) is 4.79 Å². The average molecular weight is 450 g/mol. The molecule has 2 rings (SSSR count). The Hall–Kier alpha value is -1.86. The van der Waals surface area contributed by atoms with Gasteiger partial charge in [-0.05, 0) is 50.9 Å². The maximum Gasteiger partial charge on any atom is 0.411 e. The molecule has 1 heterocycles. The number of carbonyl (C=O) groups is 2. The lowest BCUT2D eigenvalue weighted by Gasteiger charge is -2.37. The summed E-state index contributed by atoms with van der Waals surface area (Å²) >= 11 is 0. The molecule has 0 spiro atoms. The predicted molar refractivity (Wildman–Crippen MR) is 124 cm³/mol. The summed E-state index contributed by atoms with van der Waals surface area (Å²) < 4.78 is 17.5. The third kappa shape index (κ3) is 7.35. The van der Waals surface area contributed by atoms with Crippen molar-refractivity contribution >= 4 is 20.4 Å². The molecule has 174 valence electrons. The van der Waals surface area contributed by atoms with E-state index in [1.807, 2.05) is 51.1 Å². The van der Waals surface area contributed by atoms with E-state index in [2.05, 4.69) is 33.9 Å². The second-order valence-corrected chi connectivity index (χ2v) is 15.7. The molecule has 0 aromatic heterocycles. The fourth-order valence-corrected chi connectivity index (χ4v) is 4.24. The third-order valence-corrected chi connectivity index (χ3v) is 10.5. The smallest absolute Gasteiger partial charge is 0.411 e. The highest BCUT2D eigenvalue weighted by atomic mass is 28.4. The minimum atomic E-state index is -1.92. The van der Waals surface area contributed by atoms with E-state index in [0.717, 1.165) is 5.56 Å². The quantitative estimate of drug-likeness (QED) is 0.431. The number of ether oxygens (including phenoxy) is 2. The van der Waals surface area contributed by atoms with Gasteiger partial charge < -0.3 is 13.9 Å². The van der Waals surface area contributed by atoms with Crippen LogP contribution in [0.5, 0.6) is 0 Å². The summed E-state index contributed by atoms with van der Waals surface area (Å²) in [4.78, 5) is 27.2. The van der Waals surface area contributed by atoms with Crippen LogP contribution in [0.3, 0.4) is 0 Å². The molecule has 7 heteroatoms. The highest BCUT2D eigenvalue weighted by Gasteiger charge is 2.44. The number of rotatable bonds is 6. The predicted octanol–water partition coefficient (Wildman–Crippen LogP) is 5.38. The van der Waals surface area contributed by atoms with E-state index in [1.165, 1.54) is 4.90 Å². The van der Waals surface area contributed by atoms with Crippen molar-refractivity contribution in [3.05, 3.63) is 35.9 Å². The summed E-state index contributed by atoms with van der Waals surface area (Å²) in [5, 5.41) is 0.102.